The van der Waals surface area contributed by atoms with Gasteiger partial charge in [0, 0.05) is 45.0 Å². The fourth-order valence-electron chi connectivity index (χ4n) is 4.40. The Morgan fingerprint density at radius 2 is 1.88 bits per heavy atom. The number of piperidine rings is 2. The number of aliphatic imine (C=N–C) groups is 1. The molecule has 3 rings (SSSR count). The highest BCUT2D eigenvalue weighted by Crippen LogP contribution is 2.24. The maximum absolute atomic E-state index is 12.2. The average Bonchev–Trinajstić information content (AvgIpc) is 2.82. The lowest BCUT2D eigenvalue weighted by atomic mass is 9.97. The number of nitrogens with zero attached hydrogens (tertiary/aromatic N) is 3. The smallest absolute Gasteiger partial charge is 0.310 e. The van der Waals surface area contributed by atoms with Crippen LogP contribution in [-0.4, -0.2) is 67.9 Å². The summed E-state index contributed by atoms with van der Waals surface area (Å²) in [7, 11) is 0. The second-order valence-corrected chi connectivity index (χ2v) is 8.49. The van der Waals surface area contributed by atoms with Crippen LogP contribution in [0.3, 0.4) is 0 Å². The van der Waals surface area contributed by atoms with E-state index in [-0.39, 0.29) is 35.9 Å². The van der Waals surface area contributed by atoms with Crippen LogP contribution in [0.15, 0.2) is 29.3 Å². The molecule has 2 saturated heterocycles. The molecule has 2 aliphatic heterocycles. The number of benzene rings is 1. The summed E-state index contributed by atoms with van der Waals surface area (Å²) >= 11 is 0. The van der Waals surface area contributed by atoms with Crippen LogP contribution in [0, 0.1) is 11.8 Å². The Kier molecular flexibility index (Phi) is 11.6. The third kappa shape index (κ3) is 7.50. The number of esters is 1. The van der Waals surface area contributed by atoms with Crippen molar-refractivity contribution in [2.45, 2.75) is 46.1 Å². The molecule has 8 heteroatoms. The maximum atomic E-state index is 12.2. The molecule has 1 unspecified atom stereocenters. The van der Waals surface area contributed by atoms with E-state index in [1.54, 1.807) is 0 Å². The molecule has 0 bridgehead atoms. The van der Waals surface area contributed by atoms with Gasteiger partial charge in [-0.25, -0.2) is 4.99 Å². The predicted octanol–water partition coefficient (Wildman–Crippen LogP) is 3.25. The number of carbonyl (C=O) groups excluding carboxylic acids is 1. The van der Waals surface area contributed by atoms with Crippen molar-refractivity contribution in [2.24, 2.45) is 16.8 Å². The number of hydrogen-bond acceptors (Lipinski definition) is 5. The number of aliphatic hydroxyl groups excluding tert-OH is 1. The Morgan fingerprint density at radius 1 is 1.16 bits per heavy atom. The number of aliphatic hydroxyl groups is 1. The molecule has 1 aromatic rings. The Morgan fingerprint density at radius 3 is 2.50 bits per heavy atom. The number of anilines is 1. The van der Waals surface area contributed by atoms with Gasteiger partial charge in [-0.2, -0.15) is 0 Å². The summed E-state index contributed by atoms with van der Waals surface area (Å²) < 4.78 is 5.23. The topological polar surface area (TPSA) is 77.4 Å². The third-order valence-corrected chi connectivity index (χ3v) is 6.26. The number of nitrogens with one attached hydrogen (secondary N) is 1. The Bertz CT molecular complexity index is 720. The number of ether oxygens (including phenoxy) is 1. The molecule has 1 aromatic carbocycles. The number of carbonyl (C=O) groups is 1. The van der Waals surface area contributed by atoms with Crippen LogP contribution < -0.4 is 10.2 Å². The number of likely N-dealkylation sites (tertiary alicyclic amines) is 1. The third-order valence-electron chi connectivity index (χ3n) is 6.26. The van der Waals surface area contributed by atoms with E-state index >= 15 is 0 Å². The summed E-state index contributed by atoms with van der Waals surface area (Å²) in [5.74, 6) is 1.15. The Balaban J connectivity index is 0.00000363. The molecule has 180 valence electrons. The van der Waals surface area contributed by atoms with E-state index < -0.39 is 0 Å². The van der Waals surface area contributed by atoms with E-state index in [4.69, 9.17) is 9.73 Å². The van der Waals surface area contributed by atoms with Gasteiger partial charge in [0.25, 0.3) is 0 Å². The van der Waals surface area contributed by atoms with Crippen LogP contribution in [0.5, 0.6) is 0 Å². The second-order valence-electron chi connectivity index (χ2n) is 8.49. The lowest BCUT2D eigenvalue weighted by Gasteiger charge is -2.34. The summed E-state index contributed by atoms with van der Waals surface area (Å²) in [5, 5.41) is 12.7. The normalized spacial score (nSPS) is 20.0. The number of guanidine groups is 1. The SMILES string of the molecule is CCNC(=NCc1ccc(N2CCC(CO)CC2)cc1)N1CCCC(C(=O)OCC)C1.I. The van der Waals surface area contributed by atoms with Crippen LogP contribution in [0.4, 0.5) is 5.69 Å². The maximum Gasteiger partial charge on any atom is 0.310 e. The van der Waals surface area contributed by atoms with E-state index in [1.807, 2.05) is 6.92 Å². The van der Waals surface area contributed by atoms with Crippen molar-refractivity contribution in [1.29, 1.82) is 0 Å². The van der Waals surface area contributed by atoms with Crippen molar-refractivity contribution in [1.82, 2.24) is 10.2 Å². The zero-order chi connectivity index (χ0) is 22.1. The van der Waals surface area contributed by atoms with Crippen molar-refractivity contribution in [3.8, 4) is 0 Å². The molecule has 0 spiro atoms. The first-order chi connectivity index (χ1) is 15.1. The van der Waals surface area contributed by atoms with E-state index in [1.165, 1.54) is 11.3 Å². The highest BCUT2D eigenvalue weighted by molar-refractivity contribution is 14.0. The van der Waals surface area contributed by atoms with Gasteiger partial charge in [0.1, 0.15) is 0 Å². The molecule has 2 fully saturated rings. The number of rotatable bonds is 7. The molecule has 0 radical (unpaired) electrons. The fourth-order valence-corrected chi connectivity index (χ4v) is 4.40. The largest absolute Gasteiger partial charge is 0.466 e. The summed E-state index contributed by atoms with van der Waals surface area (Å²) in [5.41, 5.74) is 2.41. The first-order valence-corrected chi connectivity index (χ1v) is 11.8. The zero-order valence-electron chi connectivity index (χ0n) is 19.5. The first-order valence-electron chi connectivity index (χ1n) is 11.8. The molecule has 1 atom stereocenters. The summed E-state index contributed by atoms with van der Waals surface area (Å²) in [6.07, 6.45) is 3.95. The predicted molar refractivity (Wildman–Crippen MR) is 140 cm³/mol. The molecular weight excluding hydrogens is 519 g/mol. The molecule has 2 heterocycles. The second kappa shape index (κ2) is 13.9. The van der Waals surface area contributed by atoms with Gasteiger partial charge in [0.05, 0.1) is 19.1 Å². The van der Waals surface area contributed by atoms with Gasteiger partial charge in [-0.1, -0.05) is 12.1 Å². The van der Waals surface area contributed by atoms with E-state index in [0.717, 1.165) is 57.8 Å². The van der Waals surface area contributed by atoms with E-state index in [9.17, 15) is 9.90 Å². The monoisotopic (exact) mass is 558 g/mol. The molecule has 7 nitrogen and oxygen atoms in total. The molecule has 0 aliphatic carbocycles. The molecule has 0 aromatic heterocycles. The van der Waals surface area contributed by atoms with Gasteiger partial charge in [-0.05, 0) is 63.1 Å². The lowest BCUT2D eigenvalue weighted by Crippen LogP contribution is -2.48. The number of halogens is 1. The average molecular weight is 559 g/mol. The van der Waals surface area contributed by atoms with Crippen molar-refractivity contribution in [3.63, 3.8) is 0 Å². The van der Waals surface area contributed by atoms with Crippen molar-refractivity contribution >= 4 is 41.6 Å². The number of hydrogen-bond donors (Lipinski definition) is 2. The molecule has 2 aliphatic rings. The van der Waals surface area contributed by atoms with Crippen LogP contribution in [0.25, 0.3) is 0 Å². The molecular formula is C24H39IN4O3. The molecule has 2 N–H and O–H groups in total. The summed E-state index contributed by atoms with van der Waals surface area (Å²) in [6, 6.07) is 8.65. The highest BCUT2D eigenvalue weighted by Gasteiger charge is 2.28. The van der Waals surface area contributed by atoms with Crippen LogP contribution in [0.1, 0.15) is 45.1 Å². The van der Waals surface area contributed by atoms with Gasteiger partial charge in [0.15, 0.2) is 5.96 Å². The van der Waals surface area contributed by atoms with Gasteiger partial charge >= 0.3 is 5.97 Å². The Hall–Kier alpha value is -1.55. The standard InChI is InChI=1S/C24H38N4O3.HI/c1-3-25-24(28-13-5-6-21(17-28)23(30)31-4-2)26-16-19-7-9-22(10-8-19)27-14-11-20(18-29)12-15-27;/h7-10,20-21,29H,3-6,11-18H2,1-2H3,(H,25,26);1H. The summed E-state index contributed by atoms with van der Waals surface area (Å²) in [6.45, 7) is 9.63. The van der Waals surface area contributed by atoms with Crippen molar-refractivity contribution < 1.29 is 14.6 Å². The zero-order valence-corrected chi connectivity index (χ0v) is 21.8. The molecule has 0 amide bonds. The molecule has 32 heavy (non-hydrogen) atoms. The minimum absolute atomic E-state index is 0. The van der Waals surface area contributed by atoms with Gasteiger partial charge in [0.2, 0.25) is 0 Å². The van der Waals surface area contributed by atoms with Crippen LogP contribution in [-0.2, 0) is 16.1 Å². The quantitative estimate of drug-likeness (QED) is 0.232. The van der Waals surface area contributed by atoms with Crippen LogP contribution in [0.2, 0.25) is 0 Å². The fraction of sp³-hybridized carbons (Fsp3) is 0.667. The molecule has 0 saturated carbocycles. The van der Waals surface area contributed by atoms with Gasteiger partial charge in [-0.3, -0.25) is 4.79 Å². The van der Waals surface area contributed by atoms with E-state index in [2.05, 4.69) is 46.3 Å². The minimum atomic E-state index is -0.0957. The minimum Gasteiger partial charge on any atom is -0.466 e. The summed E-state index contributed by atoms with van der Waals surface area (Å²) in [4.78, 5) is 21.6. The Labute approximate surface area is 209 Å². The first kappa shape index (κ1) is 26.7. The van der Waals surface area contributed by atoms with Crippen molar-refractivity contribution in [3.05, 3.63) is 29.8 Å². The highest BCUT2D eigenvalue weighted by atomic mass is 127. The van der Waals surface area contributed by atoms with Crippen LogP contribution >= 0.6 is 24.0 Å². The lowest BCUT2D eigenvalue weighted by molar-refractivity contribution is -0.149. The van der Waals surface area contributed by atoms with Gasteiger partial charge < -0.3 is 25.0 Å². The van der Waals surface area contributed by atoms with E-state index in [0.29, 0.717) is 32.2 Å². The van der Waals surface area contributed by atoms with Crippen molar-refractivity contribution in [2.75, 3.05) is 50.8 Å². The van der Waals surface area contributed by atoms with Gasteiger partial charge in [-0.15, -0.1) is 24.0 Å².